The van der Waals surface area contributed by atoms with Crippen molar-refractivity contribution < 1.29 is 4.74 Å². The molecule has 0 aliphatic carbocycles. The summed E-state index contributed by atoms with van der Waals surface area (Å²) in [7, 11) is 2.22. The fourth-order valence-corrected chi connectivity index (χ4v) is 3.91. The average Bonchev–Trinajstić information content (AvgIpc) is 2.93. The Bertz CT molecular complexity index is 484. The van der Waals surface area contributed by atoms with Crippen molar-refractivity contribution in [2.45, 2.75) is 32.2 Å². The predicted molar refractivity (Wildman–Crippen MR) is 89.9 cm³/mol. The van der Waals surface area contributed by atoms with E-state index in [-0.39, 0.29) is 0 Å². The van der Waals surface area contributed by atoms with E-state index in [1.807, 2.05) is 0 Å². The van der Waals surface area contributed by atoms with Crippen LogP contribution in [0, 0.1) is 5.92 Å². The summed E-state index contributed by atoms with van der Waals surface area (Å²) in [6.07, 6.45) is 5.05. The third-order valence-corrected chi connectivity index (χ3v) is 5.17. The molecule has 4 heteroatoms. The maximum absolute atomic E-state index is 5.78. The minimum absolute atomic E-state index is 0.828. The van der Waals surface area contributed by atoms with Crippen LogP contribution in [0.5, 0.6) is 5.75 Å². The molecular weight excluding hydrogens is 328 g/mol. The summed E-state index contributed by atoms with van der Waals surface area (Å²) in [6.45, 7) is 5.37. The quantitative estimate of drug-likeness (QED) is 0.823. The molecule has 2 heterocycles. The number of halogens is 1. The van der Waals surface area contributed by atoms with Gasteiger partial charge in [0.15, 0.2) is 0 Å². The Morgan fingerprint density at radius 2 is 2.14 bits per heavy atom. The summed E-state index contributed by atoms with van der Waals surface area (Å²) in [5.41, 5.74) is 2.64. The Morgan fingerprint density at radius 3 is 2.95 bits per heavy atom. The van der Waals surface area contributed by atoms with Crippen molar-refractivity contribution in [3.05, 3.63) is 27.7 Å². The number of fused-ring (bicyclic) bond motifs is 1. The molecule has 0 aromatic heterocycles. The number of nitrogens with zero attached hydrogens (tertiary/aromatic N) is 1. The maximum atomic E-state index is 5.78. The highest BCUT2D eigenvalue weighted by Crippen LogP contribution is 2.32. The fourth-order valence-electron chi connectivity index (χ4n) is 3.36. The number of rotatable bonds is 5. The van der Waals surface area contributed by atoms with Crippen molar-refractivity contribution in [2.75, 3.05) is 33.3 Å². The molecule has 3 nitrogen and oxygen atoms in total. The lowest BCUT2D eigenvalue weighted by Crippen LogP contribution is -2.31. The molecule has 2 aliphatic heterocycles. The maximum Gasteiger partial charge on any atom is 0.127 e. The summed E-state index contributed by atoms with van der Waals surface area (Å²) in [5, 5.41) is 3.60. The Labute approximate surface area is 136 Å². The molecule has 1 N–H and O–H groups in total. The zero-order valence-electron chi connectivity index (χ0n) is 12.8. The molecule has 0 bridgehead atoms. The molecule has 3 rings (SSSR count). The molecule has 0 radical (unpaired) electrons. The van der Waals surface area contributed by atoms with Crippen molar-refractivity contribution in [3.8, 4) is 5.75 Å². The smallest absolute Gasteiger partial charge is 0.127 e. The van der Waals surface area contributed by atoms with Gasteiger partial charge < -0.3 is 15.0 Å². The van der Waals surface area contributed by atoms with Crippen LogP contribution < -0.4 is 10.1 Å². The number of hydrogen-bond acceptors (Lipinski definition) is 3. The third kappa shape index (κ3) is 3.99. The lowest BCUT2D eigenvalue weighted by atomic mass is 9.94. The van der Waals surface area contributed by atoms with Gasteiger partial charge in [-0.1, -0.05) is 15.9 Å². The van der Waals surface area contributed by atoms with E-state index in [9.17, 15) is 0 Å². The fraction of sp³-hybridized carbons (Fsp3) is 0.647. The van der Waals surface area contributed by atoms with Crippen LogP contribution in [-0.2, 0) is 13.0 Å². The normalized spacial score (nSPS) is 19.5. The monoisotopic (exact) mass is 352 g/mol. The second kappa shape index (κ2) is 7.12. The van der Waals surface area contributed by atoms with E-state index in [2.05, 4.69) is 45.3 Å². The molecule has 0 saturated carbocycles. The summed E-state index contributed by atoms with van der Waals surface area (Å²) in [4.78, 5) is 2.44. The van der Waals surface area contributed by atoms with Crippen LogP contribution in [0.1, 0.15) is 30.4 Å². The van der Waals surface area contributed by atoms with Gasteiger partial charge in [-0.2, -0.15) is 0 Å². The zero-order chi connectivity index (χ0) is 14.7. The van der Waals surface area contributed by atoms with Crippen LogP contribution in [0.25, 0.3) is 0 Å². The van der Waals surface area contributed by atoms with Crippen LogP contribution in [0.4, 0.5) is 0 Å². The summed E-state index contributed by atoms with van der Waals surface area (Å²) >= 11 is 3.60. The topological polar surface area (TPSA) is 24.5 Å². The largest absolute Gasteiger partial charge is 0.493 e. The Morgan fingerprint density at radius 1 is 1.33 bits per heavy atom. The van der Waals surface area contributed by atoms with Gasteiger partial charge in [0.1, 0.15) is 5.75 Å². The molecule has 0 unspecified atom stereocenters. The third-order valence-electron chi connectivity index (χ3n) is 4.71. The van der Waals surface area contributed by atoms with E-state index in [0.29, 0.717) is 0 Å². The average molecular weight is 353 g/mol. The van der Waals surface area contributed by atoms with E-state index in [1.54, 1.807) is 0 Å². The first-order valence-electron chi connectivity index (χ1n) is 8.06. The second-order valence-corrected chi connectivity index (χ2v) is 7.28. The number of ether oxygens (including phenoxy) is 1. The number of likely N-dealkylation sites (tertiary alicyclic amines) is 1. The van der Waals surface area contributed by atoms with Gasteiger partial charge in [0.2, 0.25) is 0 Å². The molecule has 1 fully saturated rings. The minimum Gasteiger partial charge on any atom is -0.493 e. The first kappa shape index (κ1) is 15.3. The van der Waals surface area contributed by atoms with E-state index in [0.717, 1.165) is 37.8 Å². The van der Waals surface area contributed by atoms with Crippen molar-refractivity contribution in [1.82, 2.24) is 10.2 Å². The number of nitrogens with one attached hydrogen (secondary N) is 1. The first-order valence-corrected chi connectivity index (χ1v) is 8.85. The Kier molecular flexibility index (Phi) is 5.19. The van der Waals surface area contributed by atoms with E-state index in [1.165, 1.54) is 48.0 Å². The highest BCUT2D eigenvalue weighted by molar-refractivity contribution is 9.10. The SMILES string of the molecule is CN1CCC(CCNCc2cc(Br)cc3c2OCC3)CC1. The van der Waals surface area contributed by atoms with Gasteiger partial charge >= 0.3 is 0 Å². The molecule has 21 heavy (non-hydrogen) atoms. The van der Waals surface area contributed by atoms with Crippen LogP contribution >= 0.6 is 15.9 Å². The van der Waals surface area contributed by atoms with E-state index < -0.39 is 0 Å². The lowest BCUT2D eigenvalue weighted by Gasteiger charge is -2.28. The van der Waals surface area contributed by atoms with Crippen LogP contribution in [-0.4, -0.2) is 38.2 Å². The molecule has 0 amide bonds. The van der Waals surface area contributed by atoms with Crippen LogP contribution in [0.15, 0.2) is 16.6 Å². The van der Waals surface area contributed by atoms with Crippen molar-refractivity contribution >= 4 is 15.9 Å². The molecular formula is C17H25BrN2O. The van der Waals surface area contributed by atoms with Gasteiger partial charge in [-0.3, -0.25) is 0 Å². The summed E-state index contributed by atoms with van der Waals surface area (Å²) < 4.78 is 6.94. The Balaban J connectivity index is 1.46. The van der Waals surface area contributed by atoms with Crippen LogP contribution in [0.2, 0.25) is 0 Å². The number of benzene rings is 1. The minimum atomic E-state index is 0.828. The summed E-state index contributed by atoms with van der Waals surface area (Å²) in [6, 6.07) is 4.37. The van der Waals surface area contributed by atoms with Gasteiger partial charge in [0, 0.05) is 23.0 Å². The first-order chi connectivity index (χ1) is 10.2. The zero-order valence-corrected chi connectivity index (χ0v) is 14.4. The summed E-state index contributed by atoms with van der Waals surface area (Å²) in [5.74, 6) is 2.02. The molecule has 2 aliphatic rings. The van der Waals surface area contributed by atoms with E-state index in [4.69, 9.17) is 4.74 Å². The molecule has 1 aromatic carbocycles. The molecule has 0 atom stereocenters. The van der Waals surface area contributed by atoms with Crippen molar-refractivity contribution in [2.24, 2.45) is 5.92 Å². The second-order valence-electron chi connectivity index (χ2n) is 6.36. The van der Waals surface area contributed by atoms with Gasteiger partial charge in [0.25, 0.3) is 0 Å². The highest BCUT2D eigenvalue weighted by Gasteiger charge is 2.18. The van der Waals surface area contributed by atoms with Crippen molar-refractivity contribution in [1.29, 1.82) is 0 Å². The van der Waals surface area contributed by atoms with Crippen molar-refractivity contribution in [3.63, 3.8) is 0 Å². The van der Waals surface area contributed by atoms with E-state index >= 15 is 0 Å². The number of hydrogen-bond donors (Lipinski definition) is 1. The van der Waals surface area contributed by atoms with Gasteiger partial charge in [-0.15, -0.1) is 0 Å². The van der Waals surface area contributed by atoms with Gasteiger partial charge in [-0.25, -0.2) is 0 Å². The van der Waals surface area contributed by atoms with Crippen LogP contribution in [0.3, 0.4) is 0 Å². The molecule has 1 saturated heterocycles. The molecule has 116 valence electrons. The lowest BCUT2D eigenvalue weighted by molar-refractivity contribution is 0.211. The predicted octanol–water partition coefficient (Wildman–Crippen LogP) is 3.21. The standard InChI is InChI=1S/C17H25BrN2O/c1-20-7-3-13(4-8-20)2-6-19-12-15-11-16(18)10-14-5-9-21-17(14)15/h10-11,13,19H,2-9,12H2,1H3. The highest BCUT2D eigenvalue weighted by atomic mass is 79.9. The number of piperidine rings is 1. The van der Waals surface area contributed by atoms with Gasteiger partial charge in [-0.05, 0) is 69.6 Å². The molecule has 0 spiro atoms. The molecule has 1 aromatic rings. The van der Waals surface area contributed by atoms with Gasteiger partial charge in [0.05, 0.1) is 6.61 Å². The Hall–Kier alpha value is -0.580.